The van der Waals surface area contributed by atoms with E-state index in [1.807, 2.05) is 0 Å². The third-order valence-electron chi connectivity index (χ3n) is 3.78. The van der Waals surface area contributed by atoms with Crippen molar-refractivity contribution < 1.29 is 18.7 Å². The van der Waals surface area contributed by atoms with Gasteiger partial charge in [-0.15, -0.1) is 11.3 Å². The Kier molecular flexibility index (Phi) is 4.54. The minimum Gasteiger partial charge on any atom is -0.494 e. The summed E-state index contributed by atoms with van der Waals surface area (Å²) in [6.07, 6.45) is 1.41. The number of thiophene rings is 1. The Balaban J connectivity index is 1.83. The molecule has 0 spiro atoms. The van der Waals surface area contributed by atoms with Crippen LogP contribution in [0.4, 0.5) is 4.39 Å². The molecule has 1 aromatic carbocycles. The van der Waals surface area contributed by atoms with Crippen LogP contribution >= 0.6 is 11.3 Å². The Morgan fingerprint density at radius 2 is 2.16 bits per heavy atom. The molecular weight excluding hydrogens is 347 g/mol. The molecule has 0 bridgehead atoms. The fourth-order valence-electron chi connectivity index (χ4n) is 2.42. The molecule has 0 aliphatic heterocycles. The topological polar surface area (TPSA) is 70.4 Å². The normalized spacial score (nSPS) is 10.9. The number of nitrogens with zero attached hydrogens (tertiary/aromatic N) is 2. The van der Waals surface area contributed by atoms with Gasteiger partial charge in [0.1, 0.15) is 16.3 Å². The molecule has 0 atom stereocenters. The van der Waals surface area contributed by atoms with E-state index in [9.17, 15) is 14.0 Å². The standard InChI is InChI=1S/C17H15FN2O4S/c1-9-13-15(19-8-20(2)16(13)21)25-14(9)17(22)24-7-10-4-5-12(23-3)11(18)6-10/h4-6,8H,7H2,1-3H3. The first-order valence-corrected chi connectivity index (χ1v) is 8.18. The maximum absolute atomic E-state index is 13.7. The van der Waals surface area contributed by atoms with Crippen LogP contribution in [0.3, 0.4) is 0 Å². The number of halogens is 1. The number of fused-ring (bicyclic) bond motifs is 1. The molecule has 3 aromatic rings. The minimum absolute atomic E-state index is 0.0845. The first-order chi connectivity index (χ1) is 11.9. The lowest BCUT2D eigenvalue weighted by molar-refractivity contribution is 0.0477. The third kappa shape index (κ3) is 3.12. The quantitative estimate of drug-likeness (QED) is 0.668. The van der Waals surface area contributed by atoms with Gasteiger partial charge in [0.25, 0.3) is 5.56 Å². The smallest absolute Gasteiger partial charge is 0.349 e. The summed E-state index contributed by atoms with van der Waals surface area (Å²) in [5.74, 6) is -0.974. The van der Waals surface area contributed by atoms with Crippen molar-refractivity contribution in [1.29, 1.82) is 0 Å². The lowest BCUT2D eigenvalue weighted by Crippen LogP contribution is -2.16. The van der Waals surface area contributed by atoms with Crippen molar-refractivity contribution in [3.63, 3.8) is 0 Å². The highest BCUT2D eigenvalue weighted by Gasteiger charge is 2.20. The molecule has 0 N–H and O–H groups in total. The molecular formula is C17H15FN2O4S. The third-order valence-corrected chi connectivity index (χ3v) is 4.96. The van der Waals surface area contributed by atoms with Gasteiger partial charge in [-0.05, 0) is 30.2 Å². The number of aromatic nitrogens is 2. The van der Waals surface area contributed by atoms with Gasteiger partial charge in [-0.2, -0.15) is 0 Å². The number of carbonyl (C=O) groups excluding carboxylic acids is 1. The van der Waals surface area contributed by atoms with E-state index in [1.165, 1.54) is 30.1 Å². The van der Waals surface area contributed by atoms with E-state index in [2.05, 4.69) is 4.98 Å². The molecule has 0 radical (unpaired) electrons. The van der Waals surface area contributed by atoms with Crippen LogP contribution in [0.5, 0.6) is 5.75 Å². The van der Waals surface area contributed by atoms with E-state index in [-0.39, 0.29) is 17.9 Å². The number of hydrogen-bond donors (Lipinski definition) is 0. The van der Waals surface area contributed by atoms with Crippen LogP contribution in [0.15, 0.2) is 29.3 Å². The molecule has 0 fully saturated rings. The highest BCUT2D eigenvalue weighted by Crippen LogP contribution is 2.27. The lowest BCUT2D eigenvalue weighted by Gasteiger charge is -2.06. The first-order valence-electron chi connectivity index (χ1n) is 7.36. The van der Waals surface area contributed by atoms with Crippen molar-refractivity contribution in [1.82, 2.24) is 9.55 Å². The minimum atomic E-state index is -0.571. The van der Waals surface area contributed by atoms with Crippen molar-refractivity contribution in [2.45, 2.75) is 13.5 Å². The summed E-state index contributed by atoms with van der Waals surface area (Å²) in [6.45, 7) is 1.60. The number of carbonyl (C=O) groups is 1. The van der Waals surface area contributed by atoms with Gasteiger partial charge in [-0.25, -0.2) is 14.2 Å². The molecule has 25 heavy (non-hydrogen) atoms. The Morgan fingerprint density at radius 1 is 1.40 bits per heavy atom. The highest BCUT2D eigenvalue weighted by molar-refractivity contribution is 7.20. The summed E-state index contributed by atoms with van der Waals surface area (Å²) in [7, 11) is 2.97. The van der Waals surface area contributed by atoms with Gasteiger partial charge < -0.3 is 14.0 Å². The molecule has 0 aliphatic carbocycles. The molecule has 3 rings (SSSR count). The van der Waals surface area contributed by atoms with E-state index in [1.54, 1.807) is 20.0 Å². The maximum atomic E-state index is 13.7. The molecule has 2 heterocycles. The van der Waals surface area contributed by atoms with E-state index >= 15 is 0 Å². The molecule has 8 heteroatoms. The van der Waals surface area contributed by atoms with Gasteiger partial charge in [-0.1, -0.05) is 6.07 Å². The predicted octanol–water partition coefficient (Wildman–Crippen LogP) is 2.81. The second kappa shape index (κ2) is 6.64. The molecule has 0 amide bonds. The van der Waals surface area contributed by atoms with Gasteiger partial charge in [0.15, 0.2) is 11.6 Å². The van der Waals surface area contributed by atoms with Crippen molar-refractivity contribution in [2.24, 2.45) is 7.05 Å². The SMILES string of the molecule is COc1ccc(COC(=O)c2sc3ncn(C)c(=O)c3c2C)cc1F. The first kappa shape index (κ1) is 17.1. The Bertz CT molecular complexity index is 1030. The Labute approximate surface area is 146 Å². The molecule has 130 valence electrons. The number of methoxy groups -OCH3 is 1. The van der Waals surface area contributed by atoms with Crippen LogP contribution in [0.1, 0.15) is 20.8 Å². The summed E-state index contributed by atoms with van der Waals surface area (Å²) in [5.41, 5.74) is 0.828. The number of hydrogen-bond acceptors (Lipinski definition) is 6. The zero-order valence-electron chi connectivity index (χ0n) is 13.8. The average molecular weight is 362 g/mol. The summed E-state index contributed by atoms with van der Waals surface area (Å²) < 4.78 is 25.1. The molecule has 6 nitrogen and oxygen atoms in total. The zero-order chi connectivity index (χ0) is 18.1. The van der Waals surface area contributed by atoms with Crippen LogP contribution in [0.2, 0.25) is 0 Å². The number of benzene rings is 1. The summed E-state index contributed by atoms with van der Waals surface area (Å²) >= 11 is 1.11. The van der Waals surface area contributed by atoms with Crippen LogP contribution in [-0.2, 0) is 18.4 Å². The van der Waals surface area contributed by atoms with Gasteiger partial charge in [-0.3, -0.25) is 4.79 Å². The van der Waals surface area contributed by atoms with E-state index in [0.717, 1.165) is 11.3 Å². The molecule has 0 aliphatic rings. The van der Waals surface area contributed by atoms with Crippen LogP contribution < -0.4 is 10.3 Å². The van der Waals surface area contributed by atoms with Gasteiger partial charge in [0, 0.05) is 7.05 Å². The van der Waals surface area contributed by atoms with Crippen molar-refractivity contribution in [3.8, 4) is 5.75 Å². The second-order valence-corrected chi connectivity index (χ2v) is 6.44. The number of aryl methyl sites for hydroxylation is 2. The largest absolute Gasteiger partial charge is 0.494 e. The zero-order valence-corrected chi connectivity index (χ0v) is 14.6. The summed E-state index contributed by atoms with van der Waals surface area (Å²) in [4.78, 5) is 29.5. The molecule has 0 saturated carbocycles. The number of rotatable bonds is 4. The van der Waals surface area contributed by atoms with E-state index < -0.39 is 11.8 Å². The lowest BCUT2D eigenvalue weighted by atomic mass is 10.2. The fourth-order valence-corrected chi connectivity index (χ4v) is 3.45. The van der Waals surface area contributed by atoms with Crippen molar-refractivity contribution in [3.05, 3.63) is 56.7 Å². The maximum Gasteiger partial charge on any atom is 0.349 e. The Hall–Kier alpha value is -2.74. The summed E-state index contributed by atoms with van der Waals surface area (Å²) in [6, 6.07) is 4.34. The van der Waals surface area contributed by atoms with E-state index in [4.69, 9.17) is 9.47 Å². The van der Waals surface area contributed by atoms with Crippen LogP contribution in [0.25, 0.3) is 10.2 Å². The average Bonchev–Trinajstić information content (AvgIpc) is 2.93. The molecule has 0 unspecified atom stereocenters. The number of ether oxygens (including phenoxy) is 2. The molecule has 0 saturated heterocycles. The van der Waals surface area contributed by atoms with Crippen LogP contribution in [-0.4, -0.2) is 22.6 Å². The summed E-state index contributed by atoms with van der Waals surface area (Å²) in [5, 5.41) is 0.414. The van der Waals surface area contributed by atoms with Crippen LogP contribution in [0, 0.1) is 12.7 Å². The Morgan fingerprint density at radius 3 is 2.84 bits per heavy atom. The monoisotopic (exact) mass is 362 g/mol. The molecule has 2 aromatic heterocycles. The van der Waals surface area contributed by atoms with Gasteiger partial charge >= 0.3 is 5.97 Å². The second-order valence-electron chi connectivity index (χ2n) is 5.44. The van der Waals surface area contributed by atoms with E-state index in [0.29, 0.717) is 26.2 Å². The highest BCUT2D eigenvalue weighted by atomic mass is 32.1. The van der Waals surface area contributed by atoms with Crippen molar-refractivity contribution in [2.75, 3.05) is 7.11 Å². The van der Waals surface area contributed by atoms with Crippen molar-refractivity contribution >= 4 is 27.5 Å². The number of esters is 1. The van der Waals surface area contributed by atoms with Gasteiger partial charge in [0.05, 0.1) is 18.8 Å². The predicted molar refractivity (Wildman–Crippen MR) is 91.7 cm³/mol. The fraction of sp³-hybridized carbons (Fsp3) is 0.235. The van der Waals surface area contributed by atoms with Gasteiger partial charge in [0.2, 0.25) is 0 Å².